The number of carbonyl (C=O) groups is 1. The van der Waals surface area contributed by atoms with Gasteiger partial charge in [0.1, 0.15) is 5.01 Å². The molecule has 0 aliphatic heterocycles. The van der Waals surface area contributed by atoms with Gasteiger partial charge in [-0.25, -0.2) is 4.98 Å². The highest BCUT2D eigenvalue weighted by Crippen LogP contribution is 2.26. The minimum atomic E-state index is -0.813. The Kier molecular flexibility index (Phi) is 5.32. The Balaban J connectivity index is 1.71. The number of nitriles is 1. The highest BCUT2D eigenvalue weighted by molar-refractivity contribution is 7.10. The molecule has 5 heteroatoms. The zero-order valence-electron chi connectivity index (χ0n) is 13.8. The first-order valence-corrected chi connectivity index (χ1v) is 8.90. The summed E-state index contributed by atoms with van der Waals surface area (Å²) in [4.78, 5) is 21.2. The van der Waals surface area contributed by atoms with Crippen LogP contribution in [0.4, 0.5) is 0 Å². The Morgan fingerprint density at radius 1 is 1.24 bits per heavy atom. The maximum absolute atomic E-state index is 12.5. The Hall–Kier alpha value is -2.84. The molecular weight excluding hydrogens is 330 g/mol. The molecule has 0 fully saturated rings. The van der Waals surface area contributed by atoms with Crippen molar-refractivity contribution in [2.24, 2.45) is 0 Å². The number of rotatable bonds is 6. The van der Waals surface area contributed by atoms with Crippen molar-refractivity contribution in [2.45, 2.75) is 25.7 Å². The monoisotopic (exact) mass is 347 g/mol. The van der Waals surface area contributed by atoms with Gasteiger partial charge in [0.25, 0.3) is 0 Å². The average molecular weight is 347 g/mol. The molecule has 25 heavy (non-hydrogen) atoms. The minimum Gasteiger partial charge on any atom is -0.298 e. The third-order valence-corrected chi connectivity index (χ3v) is 4.80. The molecule has 0 radical (unpaired) electrons. The minimum absolute atomic E-state index is 0.0917. The lowest BCUT2D eigenvalue weighted by atomic mass is 9.99. The van der Waals surface area contributed by atoms with Gasteiger partial charge in [0.05, 0.1) is 17.5 Å². The number of thiazole rings is 1. The molecule has 0 aliphatic rings. The van der Waals surface area contributed by atoms with Crippen LogP contribution in [0.25, 0.3) is 11.4 Å². The first-order chi connectivity index (χ1) is 12.2. The molecule has 1 atom stereocenters. The number of aromatic nitrogens is 2. The standard InChI is InChI=1S/C20H17N3OS/c1-14-5-4-6-15(11-14)8-9-19(24)16(12-21)20-23-18(13-25-20)17-7-2-3-10-22-17/h2-7,10-11,13,16H,8-9H2,1H3. The van der Waals surface area contributed by atoms with Gasteiger partial charge in [0.15, 0.2) is 11.7 Å². The maximum Gasteiger partial charge on any atom is 0.157 e. The van der Waals surface area contributed by atoms with Crippen LogP contribution in [-0.2, 0) is 11.2 Å². The molecule has 4 nitrogen and oxygen atoms in total. The molecule has 3 aromatic rings. The molecule has 0 saturated heterocycles. The third-order valence-electron chi connectivity index (χ3n) is 3.89. The fourth-order valence-corrected chi connectivity index (χ4v) is 3.47. The van der Waals surface area contributed by atoms with E-state index in [-0.39, 0.29) is 5.78 Å². The van der Waals surface area contributed by atoms with Gasteiger partial charge in [0.2, 0.25) is 0 Å². The van der Waals surface area contributed by atoms with Crippen LogP contribution in [0.5, 0.6) is 0 Å². The van der Waals surface area contributed by atoms with Crippen LogP contribution in [-0.4, -0.2) is 15.8 Å². The van der Waals surface area contributed by atoms with Gasteiger partial charge in [-0.2, -0.15) is 5.26 Å². The van der Waals surface area contributed by atoms with E-state index in [0.29, 0.717) is 23.5 Å². The lowest BCUT2D eigenvalue weighted by molar-refractivity contribution is -0.119. The van der Waals surface area contributed by atoms with Crippen molar-refractivity contribution in [3.05, 3.63) is 70.2 Å². The van der Waals surface area contributed by atoms with E-state index in [1.807, 2.05) is 48.7 Å². The number of ketones is 1. The normalized spacial score (nSPS) is 11.7. The highest BCUT2D eigenvalue weighted by atomic mass is 32.1. The van der Waals surface area contributed by atoms with E-state index in [4.69, 9.17) is 0 Å². The van der Waals surface area contributed by atoms with Gasteiger partial charge in [-0.3, -0.25) is 9.78 Å². The molecule has 1 unspecified atom stereocenters. The van der Waals surface area contributed by atoms with Gasteiger partial charge < -0.3 is 0 Å². The molecule has 1 aromatic carbocycles. The van der Waals surface area contributed by atoms with E-state index >= 15 is 0 Å². The van der Waals surface area contributed by atoms with Crippen LogP contribution in [0.3, 0.4) is 0 Å². The summed E-state index contributed by atoms with van der Waals surface area (Å²) in [5.74, 6) is -0.904. The van der Waals surface area contributed by atoms with E-state index in [1.54, 1.807) is 6.20 Å². The molecule has 0 spiro atoms. The topological polar surface area (TPSA) is 66.6 Å². The molecular formula is C20H17N3OS. The fraction of sp³-hybridized carbons (Fsp3) is 0.200. The van der Waals surface area contributed by atoms with Crippen LogP contribution in [0.15, 0.2) is 54.0 Å². The third kappa shape index (κ3) is 4.17. The van der Waals surface area contributed by atoms with E-state index in [9.17, 15) is 10.1 Å². The molecule has 0 bridgehead atoms. The Morgan fingerprint density at radius 3 is 2.84 bits per heavy atom. The molecule has 0 amide bonds. The first-order valence-electron chi connectivity index (χ1n) is 8.02. The zero-order valence-corrected chi connectivity index (χ0v) is 14.7. The SMILES string of the molecule is Cc1cccc(CCC(=O)C(C#N)c2nc(-c3ccccn3)cs2)c1. The van der Waals surface area contributed by atoms with E-state index in [0.717, 1.165) is 11.3 Å². The smallest absolute Gasteiger partial charge is 0.157 e. The molecule has 124 valence electrons. The average Bonchev–Trinajstić information content (AvgIpc) is 3.11. The van der Waals surface area contributed by atoms with Crippen LogP contribution in [0, 0.1) is 18.3 Å². The number of Topliss-reactive ketones (excluding diaryl/α,β-unsaturated/α-hetero) is 1. The van der Waals surface area contributed by atoms with Gasteiger partial charge >= 0.3 is 0 Å². The molecule has 3 rings (SSSR count). The fourth-order valence-electron chi connectivity index (χ4n) is 2.60. The summed E-state index contributed by atoms with van der Waals surface area (Å²) in [7, 11) is 0. The van der Waals surface area contributed by atoms with E-state index < -0.39 is 5.92 Å². The van der Waals surface area contributed by atoms with Crippen LogP contribution < -0.4 is 0 Å². The summed E-state index contributed by atoms with van der Waals surface area (Å²) in [5.41, 5.74) is 3.72. The summed E-state index contributed by atoms with van der Waals surface area (Å²) in [6.45, 7) is 2.03. The van der Waals surface area contributed by atoms with Crippen LogP contribution in [0.2, 0.25) is 0 Å². The molecule has 2 aromatic heterocycles. The first kappa shape index (κ1) is 17.0. The van der Waals surface area contributed by atoms with Crippen molar-refractivity contribution in [1.29, 1.82) is 5.26 Å². The lowest BCUT2D eigenvalue weighted by Gasteiger charge is -2.06. The molecule has 0 aliphatic carbocycles. The van der Waals surface area contributed by atoms with Crippen molar-refractivity contribution < 1.29 is 4.79 Å². The summed E-state index contributed by atoms with van der Waals surface area (Å²) in [6, 6.07) is 15.8. The summed E-state index contributed by atoms with van der Waals surface area (Å²) < 4.78 is 0. The molecule has 0 saturated carbocycles. The number of pyridine rings is 1. The van der Waals surface area contributed by atoms with Gasteiger partial charge in [-0.15, -0.1) is 11.3 Å². The summed E-state index contributed by atoms with van der Waals surface area (Å²) in [6.07, 6.45) is 2.67. The number of hydrogen-bond acceptors (Lipinski definition) is 5. The second-order valence-electron chi connectivity index (χ2n) is 5.80. The van der Waals surface area contributed by atoms with Crippen molar-refractivity contribution in [2.75, 3.05) is 0 Å². The quantitative estimate of drug-likeness (QED) is 0.666. The van der Waals surface area contributed by atoms with Crippen LogP contribution >= 0.6 is 11.3 Å². The second kappa shape index (κ2) is 7.82. The number of nitrogens with zero attached hydrogens (tertiary/aromatic N) is 3. The highest BCUT2D eigenvalue weighted by Gasteiger charge is 2.23. The maximum atomic E-state index is 12.5. The molecule has 0 N–H and O–H groups in total. The van der Waals surface area contributed by atoms with Gasteiger partial charge in [-0.1, -0.05) is 35.9 Å². The number of carbonyl (C=O) groups excluding carboxylic acids is 1. The largest absolute Gasteiger partial charge is 0.298 e. The predicted octanol–water partition coefficient (Wildman–Crippen LogP) is 4.32. The van der Waals surface area contributed by atoms with E-state index in [2.05, 4.69) is 22.1 Å². The van der Waals surface area contributed by atoms with Crippen molar-refractivity contribution in [3.63, 3.8) is 0 Å². The Bertz CT molecular complexity index is 912. The number of hydrogen-bond donors (Lipinski definition) is 0. The number of benzene rings is 1. The van der Waals surface area contributed by atoms with E-state index in [1.165, 1.54) is 16.9 Å². The predicted molar refractivity (Wildman–Crippen MR) is 98.2 cm³/mol. The Labute approximate surface area is 150 Å². The van der Waals surface area contributed by atoms with Gasteiger partial charge in [0, 0.05) is 18.0 Å². The Morgan fingerprint density at radius 2 is 2.12 bits per heavy atom. The van der Waals surface area contributed by atoms with Gasteiger partial charge in [-0.05, 0) is 31.0 Å². The summed E-state index contributed by atoms with van der Waals surface area (Å²) >= 11 is 1.34. The lowest BCUT2D eigenvalue weighted by Crippen LogP contribution is -2.11. The van der Waals surface area contributed by atoms with Crippen molar-refractivity contribution >= 4 is 17.1 Å². The molecule has 2 heterocycles. The van der Waals surface area contributed by atoms with Crippen LogP contribution in [0.1, 0.15) is 28.5 Å². The zero-order chi connectivity index (χ0) is 17.6. The van der Waals surface area contributed by atoms with Crippen molar-refractivity contribution in [1.82, 2.24) is 9.97 Å². The van der Waals surface area contributed by atoms with Crippen molar-refractivity contribution in [3.8, 4) is 17.5 Å². The number of aryl methyl sites for hydroxylation is 2. The summed E-state index contributed by atoms with van der Waals surface area (Å²) in [5, 5.41) is 11.8. The second-order valence-corrected chi connectivity index (χ2v) is 6.69.